The number of methoxy groups -OCH3 is 1. The number of halogens is 1. The van der Waals surface area contributed by atoms with E-state index in [1.807, 2.05) is 12.1 Å². The van der Waals surface area contributed by atoms with Gasteiger partial charge in [-0.05, 0) is 30.7 Å². The van der Waals surface area contributed by atoms with E-state index < -0.39 is 18.1 Å². The molecule has 158 valence electrons. The standard InChI is InChI=1S/C22H23ClN2O5/c1-14-22(28)25(18-9-5-6-10-19(18)30-14)12-11-20(26)24-17(13-21(27)29-2)15-7-3-4-8-16(15)23/h3-10,14,17H,11-13H2,1-2H3,(H,24,26). The summed E-state index contributed by atoms with van der Waals surface area (Å²) < 4.78 is 10.4. The number of anilines is 1. The maximum atomic E-state index is 12.7. The first-order valence-electron chi connectivity index (χ1n) is 9.58. The molecule has 0 saturated heterocycles. The Balaban J connectivity index is 1.71. The van der Waals surface area contributed by atoms with Crippen LogP contribution in [-0.2, 0) is 19.1 Å². The van der Waals surface area contributed by atoms with E-state index >= 15 is 0 Å². The molecule has 0 bridgehead atoms. The molecule has 2 amide bonds. The van der Waals surface area contributed by atoms with Crippen LogP contribution in [0.5, 0.6) is 5.75 Å². The molecule has 0 fully saturated rings. The fourth-order valence-electron chi connectivity index (χ4n) is 3.32. The molecule has 30 heavy (non-hydrogen) atoms. The first-order valence-corrected chi connectivity index (χ1v) is 9.96. The second-order valence-electron chi connectivity index (χ2n) is 6.89. The zero-order valence-electron chi connectivity index (χ0n) is 16.8. The minimum atomic E-state index is -0.634. The number of carbonyl (C=O) groups excluding carboxylic acids is 3. The second kappa shape index (κ2) is 9.63. The molecule has 2 atom stereocenters. The summed E-state index contributed by atoms with van der Waals surface area (Å²) in [7, 11) is 1.29. The third-order valence-corrected chi connectivity index (χ3v) is 5.19. The maximum Gasteiger partial charge on any atom is 0.307 e. The zero-order chi connectivity index (χ0) is 21.7. The van der Waals surface area contributed by atoms with E-state index in [0.29, 0.717) is 22.0 Å². The molecule has 1 aliphatic rings. The number of fused-ring (bicyclic) bond motifs is 1. The number of benzene rings is 2. The van der Waals surface area contributed by atoms with Crippen LogP contribution >= 0.6 is 11.6 Å². The predicted molar refractivity (Wildman–Crippen MR) is 112 cm³/mol. The highest BCUT2D eigenvalue weighted by atomic mass is 35.5. The Labute approximate surface area is 179 Å². The molecule has 8 heteroatoms. The van der Waals surface area contributed by atoms with Crippen LogP contribution in [-0.4, -0.2) is 37.5 Å². The summed E-state index contributed by atoms with van der Waals surface area (Å²) in [6, 6.07) is 13.6. The minimum absolute atomic E-state index is 0.0505. The predicted octanol–water partition coefficient (Wildman–Crippen LogP) is 3.26. The summed E-state index contributed by atoms with van der Waals surface area (Å²) in [5.41, 5.74) is 1.25. The van der Waals surface area contributed by atoms with Crippen molar-refractivity contribution in [3.63, 3.8) is 0 Å². The monoisotopic (exact) mass is 430 g/mol. The van der Waals surface area contributed by atoms with Crippen molar-refractivity contribution < 1.29 is 23.9 Å². The Morgan fingerprint density at radius 2 is 1.90 bits per heavy atom. The maximum absolute atomic E-state index is 12.7. The number of hydrogen-bond donors (Lipinski definition) is 1. The molecule has 0 radical (unpaired) electrons. The van der Waals surface area contributed by atoms with Crippen LogP contribution in [0.1, 0.15) is 31.4 Å². The number of nitrogens with zero attached hydrogens (tertiary/aromatic N) is 1. The summed E-state index contributed by atoms with van der Waals surface area (Å²) in [6.07, 6.45) is -0.629. The topological polar surface area (TPSA) is 84.9 Å². The Kier molecular flexibility index (Phi) is 6.95. The summed E-state index contributed by atoms with van der Waals surface area (Å²) in [4.78, 5) is 38.6. The number of rotatable bonds is 7. The van der Waals surface area contributed by atoms with Crippen LogP contribution < -0.4 is 15.0 Å². The smallest absolute Gasteiger partial charge is 0.307 e. The summed E-state index contributed by atoms with van der Waals surface area (Å²) >= 11 is 6.25. The molecular formula is C22H23ClN2O5. The average Bonchev–Trinajstić information content (AvgIpc) is 2.74. The van der Waals surface area contributed by atoms with E-state index in [1.165, 1.54) is 7.11 Å². The van der Waals surface area contributed by atoms with Gasteiger partial charge in [-0.2, -0.15) is 0 Å². The number of esters is 1. The average molecular weight is 431 g/mol. The van der Waals surface area contributed by atoms with Gasteiger partial charge in [-0.3, -0.25) is 14.4 Å². The lowest BCUT2D eigenvalue weighted by atomic mass is 10.0. The fourth-order valence-corrected chi connectivity index (χ4v) is 3.58. The van der Waals surface area contributed by atoms with E-state index in [-0.39, 0.29) is 31.2 Å². The SMILES string of the molecule is COC(=O)CC(NC(=O)CCN1C(=O)C(C)Oc2ccccc21)c1ccccc1Cl. The van der Waals surface area contributed by atoms with Crippen LogP contribution in [0.25, 0.3) is 0 Å². The highest BCUT2D eigenvalue weighted by Gasteiger charge is 2.31. The van der Waals surface area contributed by atoms with Crippen LogP contribution in [0.4, 0.5) is 5.69 Å². The van der Waals surface area contributed by atoms with Gasteiger partial charge in [0.15, 0.2) is 6.10 Å². The number of carbonyl (C=O) groups is 3. The second-order valence-corrected chi connectivity index (χ2v) is 7.30. The minimum Gasteiger partial charge on any atom is -0.479 e. The van der Waals surface area contributed by atoms with Crippen LogP contribution in [0.2, 0.25) is 5.02 Å². The molecular weight excluding hydrogens is 408 g/mol. The van der Waals surface area contributed by atoms with Crippen molar-refractivity contribution in [1.82, 2.24) is 5.32 Å². The lowest BCUT2D eigenvalue weighted by Gasteiger charge is -2.33. The van der Waals surface area contributed by atoms with Crippen LogP contribution in [0.15, 0.2) is 48.5 Å². The lowest BCUT2D eigenvalue weighted by Crippen LogP contribution is -2.46. The van der Waals surface area contributed by atoms with E-state index in [2.05, 4.69) is 5.32 Å². The van der Waals surface area contributed by atoms with Gasteiger partial charge < -0.3 is 19.7 Å². The van der Waals surface area contributed by atoms with Crippen molar-refractivity contribution >= 4 is 35.1 Å². The number of para-hydroxylation sites is 2. The van der Waals surface area contributed by atoms with Gasteiger partial charge in [-0.25, -0.2) is 0 Å². The Morgan fingerprint density at radius 1 is 1.20 bits per heavy atom. The molecule has 2 aromatic rings. The van der Waals surface area contributed by atoms with Gasteiger partial charge in [0.05, 0.1) is 25.3 Å². The number of nitrogens with one attached hydrogen (secondary N) is 1. The van der Waals surface area contributed by atoms with E-state index in [0.717, 1.165) is 0 Å². The van der Waals surface area contributed by atoms with E-state index in [1.54, 1.807) is 48.2 Å². The van der Waals surface area contributed by atoms with Gasteiger partial charge >= 0.3 is 5.97 Å². The molecule has 3 rings (SSSR count). The van der Waals surface area contributed by atoms with Crippen molar-refractivity contribution in [2.45, 2.75) is 31.9 Å². The quantitative estimate of drug-likeness (QED) is 0.681. The Morgan fingerprint density at radius 3 is 2.63 bits per heavy atom. The molecule has 0 aromatic heterocycles. The number of hydrogen-bond acceptors (Lipinski definition) is 5. The van der Waals surface area contributed by atoms with Crippen LogP contribution in [0.3, 0.4) is 0 Å². The van der Waals surface area contributed by atoms with Gasteiger partial charge in [0.2, 0.25) is 5.91 Å². The fraction of sp³-hybridized carbons (Fsp3) is 0.318. The molecule has 1 N–H and O–H groups in total. The van der Waals surface area contributed by atoms with Crippen molar-refractivity contribution in [3.05, 3.63) is 59.1 Å². The highest BCUT2D eigenvalue weighted by Crippen LogP contribution is 2.33. The van der Waals surface area contributed by atoms with Crippen molar-refractivity contribution in [3.8, 4) is 5.75 Å². The van der Waals surface area contributed by atoms with E-state index in [4.69, 9.17) is 21.1 Å². The molecule has 7 nitrogen and oxygen atoms in total. The van der Waals surface area contributed by atoms with Gasteiger partial charge in [0.25, 0.3) is 5.91 Å². The number of ether oxygens (including phenoxy) is 2. The summed E-state index contributed by atoms with van der Waals surface area (Å²) in [5.74, 6) is -0.386. The van der Waals surface area contributed by atoms with Gasteiger partial charge in [-0.1, -0.05) is 41.9 Å². The first-order chi connectivity index (χ1) is 14.4. The summed E-state index contributed by atoms with van der Waals surface area (Å²) in [5, 5.41) is 3.28. The normalized spacial score (nSPS) is 16.3. The Bertz CT molecular complexity index is 949. The molecule has 1 heterocycles. The van der Waals surface area contributed by atoms with Crippen molar-refractivity contribution in [2.75, 3.05) is 18.6 Å². The van der Waals surface area contributed by atoms with Crippen molar-refractivity contribution in [1.29, 1.82) is 0 Å². The third kappa shape index (κ3) is 4.91. The molecule has 0 spiro atoms. The molecule has 0 aliphatic carbocycles. The zero-order valence-corrected chi connectivity index (χ0v) is 17.5. The Hall–Kier alpha value is -3.06. The van der Waals surface area contributed by atoms with Gasteiger partial charge in [0.1, 0.15) is 5.75 Å². The first kappa shape index (κ1) is 21.6. The van der Waals surface area contributed by atoms with Gasteiger partial charge in [-0.15, -0.1) is 0 Å². The highest BCUT2D eigenvalue weighted by molar-refractivity contribution is 6.31. The largest absolute Gasteiger partial charge is 0.479 e. The molecule has 2 aromatic carbocycles. The third-order valence-electron chi connectivity index (χ3n) is 4.85. The molecule has 2 unspecified atom stereocenters. The van der Waals surface area contributed by atoms with E-state index in [9.17, 15) is 14.4 Å². The van der Waals surface area contributed by atoms with Crippen molar-refractivity contribution in [2.24, 2.45) is 0 Å². The number of amides is 2. The molecule has 0 saturated carbocycles. The van der Waals surface area contributed by atoms with Gasteiger partial charge in [0, 0.05) is 18.0 Å². The molecule has 1 aliphatic heterocycles. The summed E-state index contributed by atoms with van der Waals surface area (Å²) in [6.45, 7) is 1.86. The lowest BCUT2D eigenvalue weighted by molar-refractivity contribution is -0.141. The van der Waals surface area contributed by atoms with Crippen LogP contribution in [0, 0.1) is 0 Å².